The van der Waals surface area contributed by atoms with E-state index in [1.165, 1.54) is 0 Å². The number of oxime groups is 1. The summed E-state index contributed by atoms with van der Waals surface area (Å²) in [7, 11) is 0. The van der Waals surface area contributed by atoms with Crippen LogP contribution in [0.4, 0.5) is 5.82 Å². The summed E-state index contributed by atoms with van der Waals surface area (Å²) in [6, 6.07) is 11.3. The molecule has 7 nitrogen and oxygen atoms in total. The summed E-state index contributed by atoms with van der Waals surface area (Å²) in [5, 5.41) is 7.61. The van der Waals surface area contributed by atoms with Crippen LogP contribution in [0.1, 0.15) is 24.5 Å². The van der Waals surface area contributed by atoms with E-state index in [0.717, 1.165) is 43.2 Å². The van der Waals surface area contributed by atoms with Gasteiger partial charge in [0.15, 0.2) is 0 Å². The maximum Gasteiger partial charge on any atom is 0.267 e. The smallest absolute Gasteiger partial charge is 0.267 e. The van der Waals surface area contributed by atoms with Gasteiger partial charge in [-0.15, -0.1) is 0 Å². The zero-order chi connectivity index (χ0) is 20.3. The van der Waals surface area contributed by atoms with Gasteiger partial charge in [-0.3, -0.25) is 4.79 Å². The molecule has 29 heavy (non-hydrogen) atoms. The lowest BCUT2D eigenvalue weighted by Crippen LogP contribution is -2.44. The molecule has 2 aliphatic rings. The van der Waals surface area contributed by atoms with Crippen LogP contribution in [-0.4, -0.2) is 48.5 Å². The molecule has 3 heterocycles. The molecule has 152 valence electrons. The van der Waals surface area contributed by atoms with Crippen molar-refractivity contribution in [2.24, 2.45) is 5.16 Å². The topological polar surface area (TPSA) is 76.1 Å². The quantitative estimate of drug-likeness (QED) is 0.814. The monoisotopic (exact) mass is 414 g/mol. The Balaban J connectivity index is 1.33. The Bertz CT molecular complexity index is 912. The number of carbonyl (C=O) groups is 1. The van der Waals surface area contributed by atoms with Crippen LogP contribution >= 0.6 is 11.6 Å². The lowest BCUT2D eigenvalue weighted by molar-refractivity contribution is -0.141. The summed E-state index contributed by atoms with van der Waals surface area (Å²) in [5.41, 5.74) is 1.32. The third kappa shape index (κ3) is 4.36. The van der Waals surface area contributed by atoms with Gasteiger partial charge in [-0.25, -0.2) is 4.98 Å². The fraction of sp³-hybridized carbons (Fsp3) is 0.381. The van der Waals surface area contributed by atoms with Gasteiger partial charge in [-0.05, 0) is 24.6 Å². The molecule has 2 aliphatic heterocycles. The van der Waals surface area contributed by atoms with E-state index in [0.29, 0.717) is 23.7 Å². The summed E-state index contributed by atoms with van der Waals surface area (Å²) < 4.78 is 5.36. The molecule has 1 amide bonds. The SMILES string of the molecule is CC1(C(=O)NCc2ccc(N3CCOCC3)nc2)CC(c2ccccc2Cl)=NO1. The lowest BCUT2D eigenvalue weighted by Gasteiger charge is -2.27. The molecule has 1 N–H and O–H groups in total. The first-order chi connectivity index (χ1) is 14.0. The van der Waals surface area contributed by atoms with Gasteiger partial charge in [0, 0.05) is 42.8 Å². The van der Waals surface area contributed by atoms with Gasteiger partial charge in [-0.2, -0.15) is 0 Å². The highest BCUT2D eigenvalue weighted by atomic mass is 35.5. The Morgan fingerprint density at radius 3 is 2.76 bits per heavy atom. The molecule has 1 fully saturated rings. The van der Waals surface area contributed by atoms with Crippen LogP contribution in [0.3, 0.4) is 0 Å². The van der Waals surface area contributed by atoms with Crippen molar-refractivity contribution in [3.8, 4) is 0 Å². The number of amides is 1. The number of pyridine rings is 1. The fourth-order valence-electron chi connectivity index (χ4n) is 3.37. The summed E-state index contributed by atoms with van der Waals surface area (Å²) in [5.74, 6) is 0.702. The van der Waals surface area contributed by atoms with E-state index in [2.05, 4.69) is 20.4 Å². The van der Waals surface area contributed by atoms with Crippen LogP contribution in [0.25, 0.3) is 0 Å². The molecule has 8 heteroatoms. The minimum Gasteiger partial charge on any atom is -0.379 e. The van der Waals surface area contributed by atoms with Crippen molar-refractivity contribution < 1.29 is 14.4 Å². The van der Waals surface area contributed by atoms with Crippen LogP contribution in [0.15, 0.2) is 47.8 Å². The third-order valence-electron chi connectivity index (χ3n) is 5.12. The summed E-state index contributed by atoms with van der Waals surface area (Å²) >= 11 is 6.23. The molecule has 2 aromatic rings. The minimum atomic E-state index is -1.06. The number of hydrogen-bond acceptors (Lipinski definition) is 6. The first-order valence-electron chi connectivity index (χ1n) is 9.61. The Morgan fingerprint density at radius 1 is 1.24 bits per heavy atom. The molecule has 0 saturated carbocycles. The van der Waals surface area contributed by atoms with Crippen molar-refractivity contribution in [3.63, 3.8) is 0 Å². The van der Waals surface area contributed by atoms with Crippen LogP contribution in [-0.2, 0) is 20.9 Å². The molecule has 0 spiro atoms. The largest absolute Gasteiger partial charge is 0.379 e. The van der Waals surface area contributed by atoms with E-state index >= 15 is 0 Å². The second-order valence-electron chi connectivity index (χ2n) is 7.32. The number of morpholine rings is 1. The number of aromatic nitrogens is 1. The zero-order valence-corrected chi connectivity index (χ0v) is 17.0. The molecule has 1 aromatic heterocycles. The van der Waals surface area contributed by atoms with Crippen molar-refractivity contribution in [2.75, 3.05) is 31.2 Å². The predicted molar refractivity (Wildman–Crippen MR) is 111 cm³/mol. The second-order valence-corrected chi connectivity index (χ2v) is 7.73. The van der Waals surface area contributed by atoms with Crippen LogP contribution in [0, 0.1) is 0 Å². The van der Waals surface area contributed by atoms with E-state index in [1.807, 2.05) is 30.3 Å². The maximum atomic E-state index is 12.7. The number of hydrogen-bond donors (Lipinski definition) is 1. The molecule has 0 radical (unpaired) electrons. The normalized spacial score (nSPS) is 21.4. The number of carbonyl (C=O) groups excluding carboxylic acids is 1. The number of anilines is 1. The van der Waals surface area contributed by atoms with Gasteiger partial charge >= 0.3 is 0 Å². The zero-order valence-electron chi connectivity index (χ0n) is 16.2. The number of ether oxygens (including phenoxy) is 1. The van der Waals surface area contributed by atoms with Crippen molar-refractivity contribution in [3.05, 3.63) is 58.7 Å². The molecule has 4 rings (SSSR count). The highest BCUT2D eigenvalue weighted by Crippen LogP contribution is 2.29. The van der Waals surface area contributed by atoms with Gasteiger partial charge in [0.05, 0.1) is 18.9 Å². The van der Waals surface area contributed by atoms with Crippen molar-refractivity contribution >= 4 is 29.0 Å². The first-order valence-corrected chi connectivity index (χ1v) is 9.99. The average molecular weight is 415 g/mol. The number of benzene rings is 1. The molecule has 1 aromatic carbocycles. The number of halogens is 1. The van der Waals surface area contributed by atoms with E-state index < -0.39 is 5.60 Å². The van der Waals surface area contributed by atoms with Crippen LogP contribution < -0.4 is 10.2 Å². The molecular weight excluding hydrogens is 392 g/mol. The van der Waals surface area contributed by atoms with E-state index in [4.69, 9.17) is 21.2 Å². The molecule has 0 aliphatic carbocycles. The van der Waals surface area contributed by atoms with Gasteiger partial charge in [0.25, 0.3) is 5.91 Å². The van der Waals surface area contributed by atoms with E-state index in [9.17, 15) is 4.79 Å². The van der Waals surface area contributed by atoms with Crippen LogP contribution in [0.5, 0.6) is 0 Å². The second kappa shape index (κ2) is 8.39. The van der Waals surface area contributed by atoms with E-state index in [1.54, 1.807) is 19.2 Å². The van der Waals surface area contributed by atoms with Gasteiger partial charge in [-0.1, -0.05) is 41.0 Å². The minimum absolute atomic E-state index is 0.222. The van der Waals surface area contributed by atoms with Gasteiger partial charge < -0.3 is 19.8 Å². The molecule has 1 atom stereocenters. The average Bonchev–Trinajstić information content (AvgIpc) is 3.16. The van der Waals surface area contributed by atoms with Crippen molar-refractivity contribution in [2.45, 2.75) is 25.5 Å². The van der Waals surface area contributed by atoms with Gasteiger partial charge in [0.1, 0.15) is 5.82 Å². The third-order valence-corrected chi connectivity index (χ3v) is 5.45. The highest BCUT2D eigenvalue weighted by Gasteiger charge is 2.42. The number of rotatable bonds is 5. The Morgan fingerprint density at radius 2 is 2.03 bits per heavy atom. The standard InChI is InChI=1S/C21H23ClN4O3/c1-21(12-18(25-29-21)16-4-2-3-5-17(16)22)20(27)24-14-15-6-7-19(23-13-15)26-8-10-28-11-9-26/h2-7,13H,8-12,14H2,1H3,(H,24,27). The number of nitrogens with one attached hydrogen (secondary N) is 1. The Hall–Kier alpha value is -2.64. The van der Waals surface area contributed by atoms with Gasteiger partial charge in [0.2, 0.25) is 5.60 Å². The molecule has 0 bridgehead atoms. The van der Waals surface area contributed by atoms with Crippen molar-refractivity contribution in [1.29, 1.82) is 0 Å². The summed E-state index contributed by atoms with van der Waals surface area (Å²) in [6.45, 7) is 5.22. The van der Waals surface area contributed by atoms with Crippen LogP contribution in [0.2, 0.25) is 5.02 Å². The fourth-order valence-corrected chi connectivity index (χ4v) is 3.62. The maximum absolute atomic E-state index is 12.7. The lowest BCUT2D eigenvalue weighted by atomic mass is 9.95. The molecular formula is C21H23ClN4O3. The molecule has 1 saturated heterocycles. The Labute approximate surface area is 174 Å². The number of nitrogens with zero attached hydrogens (tertiary/aromatic N) is 3. The first kappa shape index (κ1) is 19.7. The highest BCUT2D eigenvalue weighted by molar-refractivity contribution is 6.34. The summed E-state index contributed by atoms with van der Waals surface area (Å²) in [4.78, 5) is 24.9. The van der Waals surface area contributed by atoms with E-state index in [-0.39, 0.29) is 5.91 Å². The Kier molecular flexibility index (Phi) is 5.69. The predicted octanol–water partition coefficient (Wildman–Crippen LogP) is 2.77. The summed E-state index contributed by atoms with van der Waals surface area (Å²) in [6.07, 6.45) is 2.14. The van der Waals surface area contributed by atoms with Crippen molar-refractivity contribution in [1.82, 2.24) is 10.3 Å². The molecule has 1 unspecified atom stereocenters.